The van der Waals surface area contributed by atoms with Gasteiger partial charge in [0.2, 0.25) is 0 Å². The van der Waals surface area contributed by atoms with Crippen molar-refractivity contribution in [3.63, 3.8) is 0 Å². The van der Waals surface area contributed by atoms with Crippen molar-refractivity contribution in [2.75, 3.05) is 30.6 Å². The van der Waals surface area contributed by atoms with Crippen LogP contribution in [0.5, 0.6) is 0 Å². The molecule has 0 spiro atoms. The summed E-state index contributed by atoms with van der Waals surface area (Å²) in [5, 5.41) is 0. The van der Waals surface area contributed by atoms with Crippen molar-refractivity contribution < 1.29 is 27.5 Å². The van der Waals surface area contributed by atoms with Crippen LogP contribution in [-0.2, 0) is 28.9 Å². The molecule has 0 N–H and O–H groups in total. The number of sulfone groups is 1. The molecule has 0 aromatic carbocycles. The fraction of sp³-hybridized carbons (Fsp3) is 0.667. The zero-order valence-corrected chi connectivity index (χ0v) is 12.7. The number of hydrogen-bond acceptors (Lipinski definition) is 6. The number of rotatable bonds is 11. The van der Waals surface area contributed by atoms with E-state index in [9.17, 15) is 18.0 Å². The monoisotopic (exact) mass is 326 g/mol. The van der Waals surface area contributed by atoms with Crippen molar-refractivity contribution in [1.82, 2.24) is 0 Å². The van der Waals surface area contributed by atoms with Crippen molar-refractivity contribution in [2.24, 2.45) is 0 Å². The minimum atomic E-state index is -3.11. The van der Waals surface area contributed by atoms with Crippen LogP contribution in [0.3, 0.4) is 0 Å². The molecule has 116 valence electrons. The Labute approximate surface area is 124 Å². The second-order valence-electron chi connectivity index (χ2n) is 3.89. The van der Waals surface area contributed by atoms with Gasteiger partial charge < -0.3 is 9.47 Å². The summed E-state index contributed by atoms with van der Waals surface area (Å²) in [5.41, 5.74) is 0. The number of carbonyl (C=O) groups is 2. The average Bonchev–Trinajstić information content (AvgIpc) is 2.39. The molecule has 0 aromatic rings. The van der Waals surface area contributed by atoms with Crippen molar-refractivity contribution in [3.8, 4) is 0 Å². The van der Waals surface area contributed by atoms with Crippen LogP contribution in [0.4, 0.5) is 0 Å². The van der Waals surface area contributed by atoms with E-state index in [-0.39, 0.29) is 37.0 Å². The van der Waals surface area contributed by atoms with E-state index in [1.165, 1.54) is 0 Å². The highest BCUT2D eigenvalue weighted by Gasteiger charge is 2.10. The molecule has 0 radical (unpaired) electrons. The Kier molecular flexibility index (Phi) is 10.1. The Morgan fingerprint density at radius 1 is 1.10 bits per heavy atom. The topological polar surface area (TPSA) is 86.7 Å². The predicted molar refractivity (Wildman–Crippen MR) is 75.3 cm³/mol. The molecule has 0 saturated heterocycles. The van der Waals surface area contributed by atoms with Gasteiger partial charge in [0.1, 0.15) is 13.2 Å². The highest BCUT2D eigenvalue weighted by atomic mass is 35.5. The molecule has 0 aliphatic carbocycles. The summed E-state index contributed by atoms with van der Waals surface area (Å²) in [6.07, 6.45) is 1.96. The lowest BCUT2D eigenvalue weighted by Crippen LogP contribution is -2.14. The van der Waals surface area contributed by atoms with Gasteiger partial charge in [0.25, 0.3) is 0 Å². The Morgan fingerprint density at radius 3 is 2.35 bits per heavy atom. The molecule has 0 bridgehead atoms. The third-order valence-corrected chi connectivity index (χ3v) is 4.38. The van der Waals surface area contributed by atoms with Gasteiger partial charge in [-0.1, -0.05) is 6.58 Å². The number of hydrogen-bond donors (Lipinski definition) is 0. The minimum Gasteiger partial charge on any atom is -0.462 e. The van der Waals surface area contributed by atoms with Crippen LogP contribution in [-0.4, -0.2) is 51.0 Å². The van der Waals surface area contributed by atoms with Gasteiger partial charge in [-0.2, -0.15) is 0 Å². The van der Waals surface area contributed by atoms with Gasteiger partial charge in [-0.05, 0) is 12.8 Å². The molecule has 0 unspecified atom stereocenters. The third kappa shape index (κ3) is 10.8. The van der Waals surface area contributed by atoms with E-state index >= 15 is 0 Å². The number of ether oxygens (including phenoxy) is 2. The highest BCUT2D eigenvalue weighted by Crippen LogP contribution is 2.03. The van der Waals surface area contributed by atoms with E-state index < -0.39 is 21.8 Å². The van der Waals surface area contributed by atoms with Crippen LogP contribution in [0, 0.1) is 0 Å². The highest BCUT2D eigenvalue weighted by molar-refractivity contribution is 7.91. The van der Waals surface area contributed by atoms with Crippen molar-refractivity contribution in [2.45, 2.75) is 19.3 Å². The maximum Gasteiger partial charge on any atom is 0.330 e. The molecule has 20 heavy (non-hydrogen) atoms. The first-order valence-corrected chi connectivity index (χ1v) is 8.48. The fourth-order valence-electron chi connectivity index (χ4n) is 1.24. The quantitative estimate of drug-likeness (QED) is 0.244. The van der Waals surface area contributed by atoms with E-state index in [4.69, 9.17) is 16.3 Å². The number of unbranched alkanes of at least 4 members (excludes halogenated alkanes) is 1. The zero-order valence-electron chi connectivity index (χ0n) is 11.2. The van der Waals surface area contributed by atoms with Gasteiger partial charge in [-0.25, -0.2) is 13.2 Å². The summed E-state index contributed by atoms with van der Waals surface area (Å²) in [5.74, 6) is -0.981. The van der Waals surface area contributed by atoms with Gasteiger partial charge in [-0.3, -0.25) is 4.79 Å². The number of carbonyl (C=O) groups excluding carboxylic acids is 2. The van der Waals surface area contributed by atoms with Crippen LogP contribution in [0.2, 0.25) is 0 Å². The molecule has 0 aliphatic heterocycles. The van der Waals surface area contributed by atoms with E-state index in [1.54, 1.807) is 0 Å². The van der Waals surface area contributed by atoms with E-state index in [2.05, 4.69) is 11.3 Å². The summed E-state index contributed by atoms with van der Waals surface area (Å²) in [6, 6.07) is 0. The van der Waals surface area contributed by atoms with E-state index in [0.717, 1.165) is 6.08 Å². The number of halogens is 1. The molecule has 0 atom stereocenters. The Bertz CT molecular complexity index is 418. The Morgan fingerprint density at radius 2 is 1.75 bits per heavy atom. The average molecular weight is 327 g/mol. The second kappa shape index (κ2) is 10.7. The van der Waals surface area contributed by atoms with Crippen molar-refractivity contribution in [3.05, 3.63) is 12.7 Å². The van der Waals surface area contributed by atoms with E-state index in [1.807, 2.05) is 0 Å². The third-order valence-electron chi connectivity index (χ3n) is 2.23. The first kappa shape index (κ1) is 18.9. The molecule has 0 heterocycles. The van der Waals surface area contributed by atoms with Gasteiger partial charge in [0.05, 0.1) is 11.5 Å². The van der Waals surface area contributed by atoms with Gasteiger partial charge >= 0.3 is 11.9 Å². The van der Waals surface area contributed by atoms with Crippen LogP contribution in [0.1, 0.15) is 19.3 Å². The normalized spacial score (nSPS) is 10.8. The molecule has 0 aromatic heterocycles. The molecule has 0 fully saturated rings. The molecular weight excluding hydrogens is 308 g/mol. The summed E-state index contributed by atoms with van der Waals surface area (Å²) in [4.78, 5) is 21.9. The van der Waals surface area contributed by atoms with Gasteiger partial charge in [0.15, 0.2) is 9.84 Å². The summed E-state index contributed by atoms with van der Waals surface area (Å²) >= 11 is 5.36. The maximum absolute atomic E-state index is 11.3. The zero-order chi connectivity index (χ0) is 15.4. The maximum atomic E-state index is 11.3. The fourth-order valence-corrected chi connectivity index (χ4v) is 3.03. The number of esters is 2. The first-order valence-electron chi connectivity index (χ1n) is 6.12. The summed E-state index contributed by atoms with van der Waals surface area (Å²) in [7, 11) is -3.11. The van der Waals surface area contributed by atoms with Crippen LogP contribution < -0.4 is 0 Å². The molecule has 0 rings (SSSR count). The number of alkyl halides is 1. The predicted octanol–water partition coefficient (Wildman–Crippen LogP) is 1.08. The van der Waals surface area contributed by atoms with Gasteiger partial charge in [-0.15, -0.1) is 11.6 Å². The van der Waals surface area contributed by atoms with Crippen molar-refractivity contribution >= 4 is 33.4 Å². The lowest BCUT2D eigenvalue weighted by atomic mass is 10.2. The van der Waals surface area contributed by atoms with Crippen LogP contribution in [0.15, 0.2) is 12.7 Å². The molecule has 6 nitrogen and oxygen atoms in total. The smallest absolute Gasteiger partial charge is 0.330 e. The molecule has 0 saturated carbocycles. The largest absolute Gasteiger partial charge is 0.462 e. The lowest BCUT2D eigenvalue weighted by molar-refractivity contribution is -0.149. The lowest BCUT2D eigenvalue weighted by Gasteiger charge is -2.05. The summed E-state index contributed by atoms with van der Waals surface area (Å²) in [6.45, 7) is 3.17. The molecular formula is C12H19ClO6S. The standard InChI is InChI=1S/C12H19ClO6S/c1-2-11(14)18-7-8-19-12(15)5-3-4-9-20(16,17)10-6-13/h2H,1,3-10H2. The molecule has 8 heteroatoms. The Balaban J connectivity index is 3.59. The van der Waals surface area contributed by atoms with Crippen molar-refractivity contribution in [1.29, 1.82) is 0 Å². The second-order valence-corrected chi connectivity index (χ2v) is 6.57. The summed E-state index contributed by atoms with van der Waals surface area (Å²) < 4.78 is 32.1. The van der Waals surface area contributed by atoms with E-state index in [0.29, 0.717) is 12.8 Å². The SMILES string of the molecule is C=CC(=O)OCCOC(=O)CCCCS(=O)(=O)CCCl. The molecule has 0 aliphatic rings. The molecule has 0 amide bonds. The van der Waals surface area contributed by atoms with Gasteiger partial charge in [0, 0.05) is 18.4 Å². The minimum absolute atomic E-state index is 0.0178. The van der Waals surface area contributed by atoms with Crippen LogP contribution >= 0.6 is 11.6 Å². The first-order chi connectivity index (χ1) is 9.41. The van der Waals surface area contributed by atoms with Crippen LogP contribution in [0.25, 0.3) is 0 Å². The Hall–Kier alpha value is -1.08.